The van der Waals surface area contributed by atoms with Crippen molar-refractivity contribution in [2.24, 2.45) is 0 Å². The summed E-state index contributed by atoms with van der Waals surface area (Å²) in [6.45, 7) is 0. The molecule has 0 heterocycles. The summed E-state index contributed by atoms with van der Waals surface area (Å²) in [7, 11) is 0. The number of rotatable bonds is 2. The van der Waals surface area contributed by atoms with E-state index in [4.69, 9.17) is 0 Å². The van der Waals surface area contributed by atoms with E-state index < -0.39 is 5.41 Å². The Morgan fingerprint density at radius 3 is 1.56 bits per heavy atom. The zero-order valence-corrected chi connectivity index (χ0v) is 20.8. The second-order valence-corrected chi connectivity index (χ2v) is 10.3. The Kier molecular flexibility index (Phi) is 4.54. The van der Waals surface area contributed by atoms with E-state index in [1.165, 1.54) is 22.3 Å². The molecule has 0 fully saturated rings. The first-order chi connectivity index (χ1) is 17.6. The maximum absolute atomic E-state index is 10.8. The van der Waals surface area contributed by atoms with E-state index >= 15 is 0 Å². The van der Waals surface area contributed by atoms with Crippen LogP contribution in [0.15, 0.2) is 120 Å². The van der Waals surface area contributed by atoms with Crippen LogP contribution in [-0.2, 0) is 5.41 Å². The minimum absolute atomic E-state index is 0.265. The monoisotopic (exact) mass is 528 g/mol. The third kappa shape index (κ3) is 2.72. The first kappa shape index (κ1) is 21.2. The van der Waals surface area contributed by atoms with Crippen molar-refractivity contribution in [1.29, 1.82) is 0 Å². The van der Waals surface area contributed by atoms with Crippen LogP contribution in [0, 0.1) is 0 Å². The quantitative estimate of drug-likeness (QED) is 0.236. The number of benzene rings is 6. The Labute approximate surface area is 217 Å². The molecule has 36 heavy (non-hydrogen) atoms. The van der Waals surface area contributed by atoms with E-state index in [2.05, 4.69) is 82.7 Å². The Morgan fingerprint density at radius 2 is 0.944 bits per heavy atom. The van der Waals surface area contributed by atoms with Gasteiger partial charge in [0.05, 0.1) is 5.41 Å². The molecule has 172 valence electrons. The standard InChI is InChI=1S/C33H21BrO2/c34-20-13-14-24-21-7-5-6-12-27(21)33(30(24)19-20,28-15-17-31(35)25-10-3-1-8-22(25)28)29-16-18-32(36)26-11-4-2-9-23(26)29/h1-19,35-36H. The van der Waals surface area contributed by atoms with Gasteiger partial charge in [-0.2, -0.15) is 0 Å². The molecule has 0 amide bonds. The highest BCUT2D eigenvalue weighted by Crippen LogP contribution is 2.59. The van der Waals surface area contributed by atoms with Gasteiger partial charge in [0, 0.05) is 15.2 Å². The van der Waals surface area contributed by atoms with Crippen molar-refractivity contribution >= 4 is 37.5 Å². The van der Waals surface area contributed by atoms with Gasteiger partial charge in [-0.1, -0.05) is 107 Å². The first-order valence-electron chi connectivity index (χ1n) is 11.9. The molecular weight excluding hydrogens is 508 g/mol. The van der Waals surface area contributed by atoms with Crippen LogP contribution >= 0.6 is 15.9 Å². The normalized spacial score (nSPS) is 13.6. The van der Waals surface area contributed by atoms with Crippen molar-refractivity contribution in [3.8, 4) is 22.6 Å². The van der Waals surface area contributed by atoms with Crippen molar-refractivity contribution in [2.45, 2.75) is 5.41 Å². The molecule has 0 spiro atoms. The molecule has 0 radical (unpaired) electrons. The van der Waals surface area contributed by atoms with Crippen LogP contribution in [-0.4, -0.2) is 10.2 Å². The fraction of sp³-hybridized carbons (Fsp3) is 0.0303. The van der Waals surface area contributed by atoms with Gasteiger partial charge in [-0.3, -0.25) is 0 Å². The number of aromatic hydroxyl groups is 2. The molecule has 0 saturated carbocycles. The molecule has 0 atom stereocenters. The molecule has 3 heteroatoms. The summed E-state index contributed by atoms with van der Waals surface area (Å²) in [4.78, 5) is 0. The number of phenolic OH excluding ortho intramolecular Hbond substituents is 2. The maximum atomic E-state index is 10.8. The maximum Gasteiger partial charge on any atom is 0.123 e. The van der Waals surface area contributed by atoms with Gasteiger partial charge in [-0.05, 0) is 68.4 Å². The second-order valence-electron chi connectivity index (χ2n) is 9.34. The van der Waals surface area contributed by atoms with E-state index in [0.717, 1.165) is 37.1 Å². The first-order valence-corrected chi connectivity index (χ1v) is 12.7. The van der Waals surface area contributed by atoms with Gasteiger partial charge in [0.25, 0.3) is 0 Å². The van der Waals surface area contributed by atoms with E-state index in [1.807, 2.05) is 36.4 Å². The average Bonchev–Trinajstić information content (AvgIpc) is 3.19. The highest BCUT2D eigenvalue weighted by molar-refractivity contribution is 9.10. The topological polar surface area (TPSA) is 40.5 Å². The van der Waals surface area contributed by atoms with Crippen molar-refractivity contribution < 1.29 is 10.2 Å². The van der Waals surface area contributed by atoms with E-state index in [9.17, 15) is 10.2 Å². The number of halogens is 1. The van der Waals surface area contributed by atoms with E-state index in [0.29, 0.717) is 0 Å². The lowest BCUT2D eigenvalue weighted by molar-refractivity contribution is 0.481. The summed E-state index contributed by atoms with van der Waals surface area (Å²) in [6, 6.07) is 38.9. The molecule has 1 aliphatic rings. The molecule has 0 bridgehead atoms. The minimum Gasteiger partial charge on any atom is -0.507 e. The summed E-state index contributed by atoms with van der Waals surface area (Å²) >= 11 is 3.75. The Hall–Kier alpha value is -4.08. The summed E-state index contributed by atoms with van der Waals surface area (Å²) < 4.78 is 1.00. The van der Waals surface area contributed by atoms with Gasteiger partial charge < -0.3 is 10.2 Å². The fourth-order valence-corrected chi connectivity index (χ4v) is 6.56. The Balaban J connectivity index is 1.77. The summed E-state index contributed by atoms with van der Waals surface area (Å²) in [5, 5.41) is 25.2. The third-order valence-electron chi connectivity index (χ3n) is 7.62. The summed E-state index contributed by atoms with van der Waals surface area (Å²) in [6.07, 6.45) is 0. The average molecular weight is 529 g/mol. The molecule has 6 aromatic rings. The summed E-state index contributed by atoms with van der Waals surface area (Å²) in [5.74, 6) is 0.529. The predicted molar refractivity (Wildman–Crippen MR) is 150 cm³/mol. The number of hydrogen-bond donors (Lipinski definition) is 2. The van der Waals surface area contributed by atoms with Gasteiger partial charge in [-0.25, -0.2) is 0 Å². The molecule has 0 aliphatic heterocycles. The van der Waals surface area contributed by atoms with Crippen LogP contribution in [0.4, 0.5) is 0 Å². The molecular formula is C33H21BrO2. The smallest absolute Gasteiger partial charge is 0.123 e. The lowest BCUT2D eigenvalue weighted by atomic mass is 9.65. The van der Waals surface area contributed by atoms with Crippen LogP contribution in [0.2, 0.25) is 0 Å². The zero-order valence-electron chi connectivity index (χ0n) is 19.2. The van der Waals surface area contributed by atoms with Crippen LogP contribution in [0.25, 0.3) is 32.7 Å². The second kappa shape index (κ2) is 7.71. The van der Waals surface area contributed by atoms with Gasteiger partial charge in [0.2, 0.25) is 0 Å². The lowest BCUT2D eigenvalue weighted by Crippen LogP contribution is -2.29. The zero-order chi connectivity index (χ0) is 24.4. The number of hydrogen-bond acceptors (Lipinski definition) is 2. The van der Waals surface area contributed by atoms with Crippen molar-refractivity contribution in [1.82, 2.24) is 0 Å². The fourth-order valence-electron chi connectivity index (χ4n) is 6.20. The van der Waals surface area contributed by atoms with Crippen molar-refractivity contribution in [3.05, 3.63) is 142 Å². The van der Waals surface area contributed by atoms with Crippen LogP contribution in [0.5, 0.6) is 11.5 Å². The molecule has 0 saturated heterocycles. The molecule has 7 rings (SSSR count). The Bertz CT molecular complexity index is 1750. The molecule has 1 aliphatic carbocycles. The van der Waals surface area contributed by atoms with Gasteiger partial charge in [-0.15, -0.1) is 0 Å². The molecule has 2 nitrogen and oxygen atoms in total. The third-order valence-corrected chi connectivity index (χ3v) is 8.11. The van der Waals surface area contributed by atoms with Crippen LogP contribution in [0.3, 0.4) is 0 Å². The van der Waals surface area contributed by atoms with Crippen LogP contribution < -0.4 is 0 Å². The van der Waals surface area contributed by atoms with Crippen LogP contribution in [0.1, 0.15) is 22.3 Å². The lowest BCUT2D eigenvalue weighted by Gasteiger charge is -2.36. The van der Waals surface area contributed by atoms with Gasteiger partial charge >= 0.3 is 0 Å². The van der Waals surface area contributed by atoms with E-state index in [1.54, 1.807) is 12.1 Å². The highest BCUT2D eigenvalue weighted by atomic mass is 79.9. The number of fused-ring (bicyclic) bond motifs is 5. The highest BCUT2D eigenvalue weighted by Gasteiger charge is 2.47. The predicted octanol–water partition coefficient (Wildman–Crippen LogP) is 8.53. The molecule has 2 N–H and O–H groups in total. The SMILES string of the molecule is Oc1ccc(C2(c3ccc(O)c4ccccc34)c3ccccc3-c3ccc(Br)cc32)c2ccccc12. The Morgan fingerprint density at radius 1 is 0.444 bits per heavy atom. The van der Waals surface area contributed by atoms with Crippen molar-refractivity contribution in [3.63, 3.8) is 0 Å². The molecule has 0 aromatic heterocycles. The molecule has 6 aromatic carbocycles. The largest absolute Gasteiger partial charge is 0.507 e. The summed E-state index contributed by atoms with van der Waals surface area (Å²) in [5.41, 5.74) is 6.25. The number of phenols is 2. The van der Waals surface area contributed by atoms with Crippen molar-refractivity contribution in [2.75, 3.05) is 0 Å². The minimum atomic E-state index is -0.670. The van der Waals surface area contributed by atoms with Gasteiger partial charge in [0.15, 0.2) is 0 Å². The van der Waals surface area contributed by atoms with E-state index in [-0.39, 0.29) is 11.5 Å². The molecule has 0 unspecified atom stereocenters. The van der Waals surface area contributed by atoms with Gasteiger partial charge in [0.1, 0.15) is 11.5 Å².